The molecule has 0 spiro atoms. The van der Waals surface area contributed by atoms with Crippen LogP contribution in [0.25, 0.3) is 0 Å². The second-order valence-corrected chi connectivity index (χ2v) is 4.43. The van der Waals surface area contributed by atoms with Gasteiger partial charge in [-0.25, -0.2) is 4.39 Å². The van der Waals surface area contributed by atoms with E-state index in [1.807, 2.05) is 30.3 Å². The van der Waals surface area contributed by atoms with E-state index in [1.165, 1.54) is 12.1 Å². The first-order valence-electron chi connectivity index (χ1n) is 6.25. The normalized spacial score (nSPS) is 10.2. The van der Waals surface area contributed by atoms with Crippen LogP contribution in [0.2, 0.25) is 0 Å². The van der Waals surface area contributed by atoms with Crippen LogP contribution >= 0.6 is 0 Å². The van der Waals surface area contributed by atoms with Crippen molar-refractivity contribution < 1.29 is 9.18 Å². The Morgan fingerprint density at radius 3 is 2.58 bits per heavy atom. The number of carbonyl (C=O) groups excluding carboxylic acids is 1. The summed E-state index contributed by atoms with van der Waals surface area (Å²) in [5, 5.41) is 3.18. The Morgan fingerprint density at radius 1 is 1.16 bits per heavy atom. The van der Waals surface area contributed by atoms with Gasteiger partial charge < -0.3 is 5.32 Å². The number of para-hydroxylation sites is 1. The summed E-state index contributed by atoms with van der Waals surface area (Å²) < 4.78 is 13.1. The summed E-state index contributed by atoms with van der Waals surface area (Å²) in [5.41, 5.74) is 2.06. The molecule has 0 saturated heterocycles. The van der Waals surface area contributed by atoms with Crippen LogP contribution in [-0.2, 0) is 0 Å². The molecule has 0 amide bonds. The minimum absolute atomic E-state index is 0.0199. The van der Waals surface area contributed by atoms with Gasteiger partial charge in [0, 0.05) is 24.2 Å². The highest BCUT2D eigenvalue weighted by atomic mass is 19.1. The van der Waals surface area contributed by atoms with Gasteiger partial charge in [-0.1, -0.05) is 18.2 Å². The van der Waals surface area contributed by atoms with Crippen LogP contribution in [0.4, 0.5) is 10.1 Å². The molecule has 0 bridgehead atoms. The second-order valence-electron chi connectivity index (χ2n) is 4.43. The van der Waals surface area contributed by atoms with Crippen molar-refractivity contribution in [2.24, 2.45) is 0 Å². The van der Waals surface area contributed by atoms with Crippen LogP contribution in [0, 0.1) is 12.7 Å². The number of aryl methyl sites for hydroxylation is 1. The lowest BCUT2D eigenvalue weighted by Crippen LogP contribution is -2.09. The topological polar surface area (TPSA) is 29.1 Å². The van der Waals surface area contributed by atoms with Gasteiger partial charge in [-0.3, -0.25) is 4.79 Å². The molecule has 2 nitrogen and oxygen atoms in total. The first-order valence-corrected chi connectivity index (χ1v) is 6.25. The van der Waals surface area contributed by atoms with Gasteiger partial charge in [-0.2, -0.15) is 0 Å². The lowest BCUT2D eigenvalue weighted by molar-refractivity contribution is 0.0986. The summed E-state index contributed by atoms with van der Waals surface area (Å²) in [6.45, 7) is 2.23. The fourth-order valence-corrected chi connectivity index (χ4v) is 1.84. The smallest absolute Gasteiger partial charge is 0.164 e. The molecule has 2 aromatic carbocycles. The summed E-state index contributed by atoms with van der Waals surface area (Å²) in [4.78, 5) is 11.9. The molecule has 0 aromatic heterocycles. The Morgan fingerprint density at radius 2 is 1.89 bits per heavy atom. The van der Waals surface area contributed by atoms with Crippen LogP contribution in [0.3, 0.4) is 0 Å². The minimum Gasteiger partial charge on any atom is -0.385 e. The highest BCUT2D eigenvalue weighted by molar-refractivity contribution is 5.96. The number of hydrogen-bond donors (Lipinski definition) is 1. The number of ketones is 1. The number of anilines is 1. The summed E-state index contributed by atoms with van der Waals surface area (Å²) in [6.07, 6.45) is 0.389. The molecule has 0 radical (unpaired) electrons. The summed E-state index contributed by atoms with van der Waals surface area (Å²) >= 11 is 0. The molecule has 2 aromatic rings. The monoisotopic (exact) mass is 257 g/mol. The van der Waals surface area contributed by atoms with Gasteiger partial charge in [0.15, 0.2) is 5.78 Å². The van der Waals surface area contributed by atoms with Gasteiger partial charge in [0.2, 0.25) is 0 Å². The molecule has 2 rings (SSSR count). The quantitative estimate of drug-likeness (QED) is 0.825. The maximum atomic E-state index is 13.1. The molecule has 1 N–H and O–H groups in total. The van der Waals surface area contributed by atoms with Gasteiger partial charge >= 0.3 is 0 Å². The van der Waals surface area contributed by atoms with Crippen molar-refractivity contribution in [3.05, 3.63) is 65.5 Å². The maximum absolute atomic E-state index is 13.1. The van der Waals surface area contributed by atoms with Crippen molar-refractivity contribution in [1.82, 2.24) is 0 Å². The van der Waals surface area contributed by atoms with Gasteiger partial charge in [0.1, 0.15) is 5.82 Å². The van der Waals surface area contributed by atoms with E-state index in [0.29, 0.717) is 24.1 Å². The number of Topliss-reactive ketones (excluding diaryl/α,β-unsaturated/α-hetero) is 1. The van der Waals surface area contributed by atoms with Crippen LogP contribution in [0.15, 0.2) is 48.5 Å². The van der Waals surface area contributed by atoms with Crippen molar-refractivity contribution in [2.75, 3.05) is 11.9 Å². The number of nitrogens with one attached hydrogen (secondary N) is 1. The SMILES string of the molecule is Cc1cc(C(=O)CCNc2ccccc2)ccc1F. The van der Waals surface area contributed by atoms with Crippen molar-refractivity contribution in [2.45, 2.75) is 13.3 Å². The molecule has 98 valence electrons. The molecule has 19 heavy (non-hydrogen) atoms. The third-order valence-electron chi connectivity index (χ3n) is 2.93. The standard InChI is InChI=1S/C16H16FNO/c1-12-11-13(7-8-15(12)17)16(19)9-10-18-14-5-3-2-4-6-14/h2-8,11,18H,9-10H2,1H3. The summed E-state index contributed by atoms with van der Waals surface area (Å²) in [6, 6.07) is 14.2. The Hall–Kier alpha value is -2.16. The maximum Gasteiger partial charge on any atom is 0.164 e. The first-order chi connectivity index (χ1) is 9.16. The number of halogens is 1. The summed E-state index contributed by atoms with van der Waals surface area (Å²) in [5.74, 6) is -0.259. The van der Waals surface area contributed by atoms with Gasteiger partial charge in [0.25, 0.3) is 0 Å². The van der Waals surface area contributed by atoms with E-state index >= 15 is 0 Å². The minimum atomic E-state index is -0.279. The van der Waals surface area contributed by atoms with E-state index in [-0.39, 0.29) is 11.6 Å². The molecule has 0 fully saturated rings. The average Bonchev–Trinajstić information content (AvgIpc) is 2.43. The fraction of sp³-hybridized carbons (Fsp3) is 0.188. The highest BCUT2D eigenvalue weighted by Crippen LogP contribution is 2.11. The molecule has 0 aliphatic carbocycles. The van der Waals surface area contributed by atoms with Crippen LogP contribution in [-0.4, -0.2) is 12.3 Å². The zero-order valence-electron chi connectivity index (χ0n) is 10.8. The molecule has 0 atom stereocenters. The Kier molecular flexibility index (Phi) is 4.29. The van der Waals surface area contributed by atoms with E-state index in [2.05, 4.69) is 5.32 Å². The van der Waals surface area contributed by atoms with E-state index in [4.69, 9.17) is 0 Å². The molecule has 0 aliphatic heterocycles. The largest absolute Gasteiger partial charge is 0.385 e. The van der Waals surface area contributed by atoms with Crippen LogP contribution in [0.5, 0.6) is 0 Å². The Balaban J connectivity index is 1.89. The molecular formula is C16H16FNO. The number of benzene rings is 2. The van der Waals surface area contributed by atoms with Crippen LogP contribution < -0.4 is 5.32 Å². The van der Waals surface area contributed by atoms with Crippen molar-refractivity contribution in [1.29, 1.82) is 0 Å². The number of rotatable bonds is 5. The molecule has 0 unspecified atom stereocenters. The second kappa shape index (κ2) is 6.14. The van der Waals surface area contributed by atoms with Crippen molar-refractivity contribution in [3.63, 3.8) is 0 Å². The fourth-order valence-electron chi connectivity index (χ4n) is 1.84. The zero-order valence-corrected chi connectivity index (χ0v) is 10.8. The third kappa shape index (κ3) is 3.65. The van der Waals surface area contributed by atoms with Gasteiger partial charge in [0.05, 0.1) is 0 Å². The lowest BCUT2D eigenvalue weighted by atomic mass is 10.1. The Labute approximate surface area is 112 Å². The first kappa shape index (κ1) is 13.3. The van der Waals surface area contributed by atoms with Crippen LogP contribution in [0.1, 0.15) is 22.3 Å². The highest BCUT2D eigenvalue weighted by Gasteiger charge is 2.07. The molecule has 3 heteroatoms. The predicted octanol–water partition coefficient (Wildman–Crippen LogP) is 3.82. The zero-order chi connectivity index (χ0) is 13.7. The van der Waals surface area contributed by atoms with Gasteiger partial charge in [-0.15, -0.1) is 0 Å². The Bertz CT molecular complexity index is 566. The lowest BCUT2D eigenvalue weighted by Gasteiger charge is -2.06. The number of carbonyl (C=O) groups is 1. The molecule has 0 saturated carbocycles. The van der Waals surface area contributed by atoms with E-state index < -0.39 is 0 Å². The summed E-state index contributed by atoms with van der Waals surface area (Å²) in [7, 11) is 0. The van der Waals surface area contributed by atoms with Crippen molar-refractivity contribution in [3.8, 4) is 0 Å². The third-order valence-corrected chi connectivity index (χ3v) is 2.93. The van der Waals surface area contributed by atoms with Crippen molar-refractivity contribution >= 4 is 11.5 Å². The predicted molar refractivity (Wildman–Crippen MR) is 75.0 cm³/mol. The van der Waals surface area contributed by atoms with E-state index in [1.54, 1.807) is 13.0 Å². The van der Waals surface area contributed by atoms with Gasteiger partial charge in [-0.05, 0) is 42.8 Å². The van der Waals surface area contributed by atoms with E-state index in [9.17, 15) is 9.18 Å². The number of hydrogen-bond acceptors (Lipinski definition) is 2. The van der Waals surface area contributed by atoms with E-state index in [0.717, 1.165) is 5.69 Å². The average molecular weight is 257 g/mol. The molecule has 0 aliphatic rings. The molecular weight excluding hydrogens is 241 g/mol. The molecule has 0 heterocycles.